The number of hydrogen-bond donors (Lipinski definition) is 4. The van der Waals surface area contributed by atoms with E-state index in [0.717, 1.165) is 18.9 Å². The number of aliphatic hydroxyl groups is 1. The van der Waals surface area contributed by atoms with E-state index in [1.54, 1.807) is 6.92 Å². The van der Waals surface area contributed by atoms with Crippen LogP contribution in [0, 0.1) is 6.92 Å². The van der Waals surface area contributed by atoms with Crippen molar-refractivity contribution in [3.8, 4) is 0 Å². The van der Waals surface area contributed by atoms with E-state index in [1.165, 1.54) is 6.08 Å². The number of carbonyl (C=O) groups is 1. The van der Waals surface area contributed by atoms with Crippen LogP contribution in [0.15, 0.2) is 15.7 Å². The second-order valence-corrected chi connectivity index (χ2v) is 6.95. The van der Waals surface area contributed by atoms with Crippen LogP contribution in [0.3, 0.4) is 0 Å². The number of nitrogens with one attached hydrogen (secondary N) is 3. The van der Waals surface area contributed by atoms with Crippen LogP contribution in [0.25, 0.3) is 6.08 Å². The Hall–Kier alpha value is -2.00. The van der Waals surface area contributed by atoms with Crippen molar-refractivity contribution in [2.75, 3.05) is 18.1 Å². The summed E-state index contributed by atoms with van der Waals surface area (Å²) < 4.78 is 11.8. The van der Waals surface area contributed by atoms with Crippen LogP contribution in [0.4, 0.5) is 0 Å². The molecular formula is C15H23N3O5S. The summed E-state index contributed by atoms with van der Waals surface area (Å²) in [4.78, 5) is 39.1. The molecule has 1 aromatic heterocycles. The van der Waals surface area contributed by atoms with Gasteiger partial charge in [-0.05, 0) is 19.4 Å². The van der Waals surface area contributed by atoms with Crippen LogP contribution in [0.2, 0.25) is 0 Å². The lowest BCUT2D eigenvalue weighted by atomic mass is 10.2. The molecule has 2 atom stereocenters. The molecule has 0 aliphatic rings. The van der Waals surface area contributed by atoms with E-state index >= 15 is 0 Å². The fourth-order valence-corrected chi connectivity index (χ4v) is 3.39. The number of carbonyl (C=O) groups excluding carboxylic acids is 1. The number of aliphatic hydroxyl groups excluding tert-OH is 1. The van der Waals surface area contributed by atoms with Crippen LogP contribution in [0.1, 0.15) is 31.0 Å². The van der Waals surface area contributed by atoms with Crippen LogP contribution in [-0.4, -0.2) is 49.3 Å². The molecule has 0 bridgehead atoms. The first-order valence-electron chi connectivity index (χ1n) is 7.65. The summed E-state index contributed by atoms with van der Waals surface area (Å²) in [6, 6.07) is -0.616. The third-order valence-electron chi connectivity index (χ3n) is 3.26. The number of aromatic amines is 2. The molecule has 0 saturated heterocycles. The lowest BCUT2D eigenvalue weighted by Crippen LogP contribution is -2.40. The molecular weight excluding hydrogens is 334 g/mol. The highest BCUT2D eigenvalue weighted by Crippen LogP contribution is 1.99. The molecule has 0 unspecified atom stereocenters. The summed E-state index contributed by atoms with van der Waals surface area (Å²) in [5, 5.41) is 11.8. The number of unbranched alkanes of at least 4 members (excludes halogenated alkanes) is 1. The SMILES string of the molecule is CCCC[S@](=O)C[C@@H](CO)NC(=O)/C=C/c1c(C)[nH]c(=O)[nH]c1=O. The van der Waals surface area contributed by atoms with Crippen molar-refractivity contribution in [3.63, 3.8) is 0 Å². The van der Waals surface area contributed by atoms with E-state index in [4.69, 9.17) is 0 Å². The van der Waals surface area contributed by atoms with Gasteiger partial charge in [0.1, 0.15) is 0 Å². The molecule has 1 rings (SSSR count). The molecule has 134 valence electrons. The molecule has 4 N–H and O–H groups in total. The molecule has 9 heteroatoms. The molecule has 0 spiro atoms. The number of amides is 1. The van der Waals surface area contributed by atoms with Gasteiger partial charge in [-0.25, -0.2) is 4.79 Å². The van der Waals surface area contributed by atoms with Crippen LogP contribution < -0.4 is 16.6 Å². The maximum Gasteiger partial charge on any atom is 0.325 e. The fourth-order valence-electron chi connectivity index (χ4n) is 1.97. The minimum Gasteiger partial charge on any atom is -0.394 e. The van der Waals surface area contributed by atoms with Crippen molar-refractivity contribution >= 4 is 22.8 Å². The van der Waals surface area contributed by atoms with Gasteiger partial charge >= 0.3 is 5.69 Å². The summed E-state index contributed by atoms with van der Waals surface area (Å²) in [6.45, 7) is 3.21. The highest BCUT2D eigenvalue weighted by atomic mass is 32.2. The van der Waals surface area contributed by atoms with Gasteiger partial charge in [0.05, 0.1) is 18.2 Å². The first-order chi connectivity index (χ1) is 11.4. The first-order valence-corrected chi connectivity index (χ1v) is 9.13. The Bertz CT molecular complexity index is 723. The Morgan fingerprint density at radius 2 is 2.08 bits per heavy atom. The molecule has 1 heterocycles. The van der Waals surface area contributed by atoms with Crippen LogP contribution in [-0.2, 0) is 15.6 Å². The number of hydrogen-bond acceptors (Lipinski definition) is 5. The lowest BCUT2D eigenvalue weighted by Gasteiger charge is -2.14. The predicted molar refractivity (Wildman–Crippen MR) is 93.3 cm³/mol. The molecule has 0 saturated carbocycles. The van der Waals surface area contributed by atoms with Crippen molar-refractivity contribution in [2.24, 2.45) is 0 Å². The molecule has 0 radical (unpaired) electrons. The zero-order chi connectivity index (χ0) is 18.1. The highest BCUT2D eigenvalue weighted by molar-refractivity contribution is 7.85. The van der Waals surface area contributed by atoms with Gasteiger partial charge < -0.3 is 15.4 Å². The largest absolute Gasteiger partial charge is 0.394 e. The summed E-state index contributed by atoms with van der Waals surface area (Å²) in [7, 11) is -1.11. The predicted octanol–water partition coefficient (Wildman–Crippen LogP) is -0.589. The molecule has 1 aromatic rings. The normalized spacial score (nSPS) is 13.8. The molecule has 0 fully saturated rings. The monoisotopic (exact) mass is 357 g/mol. The Morgan fingerprint density at radius 3 is 2.67 bits per heavy atom. The van der Waals surface area contributed by atoms with Gasteiger partial charge in [0, 0.05) is 34.1 Å². The number of aromatic nitrogens is 2. The van der Waals surface area contributed by atoms with E-state index < -0.39 is 34.0 Å². The average Bonchev–Trinajstić information content (AvgIpc) is 2.51. The third kappa shape index (κ3) is 6.63. The molecule has 8 nitrogen and oxygen atoms in total. The number of rotatable bonds is 9. The smallest absolute Gasteiger partial charge is 0.325 e. The van der Waals surface area contributed by atoms with E-state index in [0.29, 0.717) is 11.4 Å². The minimum absolute atomic E-state index is 0.164. The van der Waals surface area contributed by atoms with Crippen LogP contribution in [0.5, 0.6) is 0 Å². The van der Waals surface area contributed by atoms with E-state index in [9.17, 15) is 23.7 Å². The van der Waals surface area contributed by atoms with Crippen molar-refractivity contribution in [1.82, 2.24) is 15.3 Å². The average molecular weight is 357 g/mol. The van der Waals surface area contributed by atoms with Crippen LogP contribution >= 0.6 is 0 Å². The van der Waals surface area contributed by atoms with Crippen molar-refractivity contribution in [2.45, 2.75) is 32.7 Å². The lowest BCUT2D eigenvalue weighted by molar-refractivity contribution is -0.117. The highest BCUT2D eigenvalue weighted by Gasteiger charge is 2.13. The van der Waals surface area contributed by atoms with Gasteiger partial charge in [-0.1, -0.05) is 13.3 Å². The Kier molecular flexibility index (Phi) is 8.34. The van der Waals surface area contributed by atoms with Gasteiger partial charge in [-0.15, -0.1) is 0 Å². The maximum absolute atomic E-state index is 11.9. The fraction of sp³-hybridized carbons (Fsp3) is 0.533. The summed E-state index contributed by atoms with van der Waals surface area (Å²) in [5.74, 6) is 0.186. The van der Waals surface area contributed by atoms with Gasteiger partial charge in [-0.2, -0.15) is 0 Å². The summed E-state index contributed by atoms with van der Waals surface area (Å²) in [5.41, 5.74) is -0.710. The maximum atomic E-state index is 11.9. The van der Waals surface area contributed by atoms with E-state index in [1.807, 2.05) is 6.92 Å². The topological polar surface area (TPSA) is 132 Å². The summed E-state index contributed by atoms with van der Waals surface area (Å²) >= 11 is 0. The quantitative estimate of drug-likeness (QED) is 0.439. The molecule has 1 amide bonds. The Balaban J connectivity index is 2.69. The number of aryl methyl sites for hydroxylation is 1. The zero-order valence-electron chi connectivity index (χ0n) is 13.8. The third-order valence-corrected chi connectivity index (χ3v) is 4.78. The second kappa shape index (κ2) is 9.99. The molecule has 0 aliphatic heterocycles. The zero-order valence-corrected chi connectivity index (χ0v) is 14.6. The van der Waals surface area contributed by atoms with Crippen molar-refractivity contribution < 1.29 is 14.1 Å². The van der Waals surface area contributed by atoms with Crippen molar-refractivity contribution in [3.05, 3.63) is 38.2 Å². The Morgan fingerprint density at radius 1 is 1.38 bits per heavy atom. The number of H-pyrrole nitrogens is 2. The van der Waals surface area contributed by atoms with Gasteiger partial charge in [-0.3, -0.25) is 18.8 Å². The molecule has 0 aliphatic carbocycles. The van der Waals surface area contributed by atoms with Gasteiger partial charge in [0.2, 0.25) is 5.91 Å². The Labute approximate surface area is 141 Å². The molecule has 24 heavy (non-hydrogen) atoms. The van der Waals surface area contributed by atoms with Crippen molar-refractivity contribution in [1.29, 1.82) is 0 Å². The standard InChI is InChI=1S/C15H23N3O5S/c1-3-4-7-24(23)9-11(8-19)17-13(20)6-5-12-10(2)16-15(22)18-14(12)21/h5-6,11,19H,3-4,7-9H2,1-2H3,(H,17,20)(H2,16,18,21,22)/b6-5+/t11-,24+/m1/s1. The summed E-state index contributed by atoms with van der Waals surface area (Å²) in [6.07, 6.45) is 4.17. The minimum atomic E-state index is -1.11. The van der Waals surface area contributed by atoms with E-state index in [-0.39, 0.29) is 17.9 Å². The van der Waals surface area contributed by atoms with Gasteiger partial charge in [0.15, 0.2) is 0 Å². The van der Waals surface area contributed by atoms with E-state index in [2.05, 4.69) is 15.3 Å². The second-order valence-electron chi connectivity index (χ2n) is 5.33. The molecule has 0 aromatic carbocycles. The first kappa shape index (κ1) is 20.0. The van der Waals surface area contributed by atoms with Gasteiger partial charge in [0.25, 0.3) is 5.56 Å².